The lowest BCUT2D eigenvalue weighted by Gasteiger charge is -2.15. The molecule has 1 aliphatic heterocycles. The molecule has 0 unspecified atom stereocenters. The summed E-state index contributed by atoms with van der Waals surface area (Å²) < 4.78 is 16.2. The second-order valence-corrected chi connectivity index (χ2v) is 3.87. The van der Waals surface area contributed by atoms with E-state index in [1.807, 2.05) is 43.3 Å². The Balaban J connectivity index is 1.90. The van der Waals surface area contributed by atoms with E-state index in [0.29, 0.717) is 19.8 Å². The van der Waals surface area contributed by atoms with Crippen LogP contribution in [0.15, 0.2) is 24.3 Å². The van der Waals surface area contributed by atoms with Crippen LogP contribution < -0.4 is 9.64 Å². The van der Waals surface area contributed by atoms with E-state index in [9.17, 15) is 0 Å². The van der Waals surface area contributed by atoms with Crippen molar-refractivity contribution in [1.82, 2.24) is 0 Å². The van der Waals surface area contributed by atoms with Gasteiger partial charge >= 0.3 is 0 Å². The van der Waals surface area contributed by atoms with Gasteiger partial charge < -0.3 is 19.1 Å². The van der Waals surface area contributed by atoms with E-state index < -0.39 is 0 Å². The highest BCUT2D eigenvalue weighted by Crippen LogP contribution is 2.19. The van der Waals surface area contributed by atoms with E-state index in [-0.39, 0.29) is 6.29 Å². The predicted molar refractivity (Wildman–Crippen MR) is 62.0 cm³/mol. The van der Waals surface area contributed by atoms with Crippen LogP contribution in [0.2, 0.25) is 0 Å². The zero-order chi connectivity index (χ0) is 11.4. The first-order valence-electron chi connectivity index (χ1n) is 5.39. The summed E-state index contributed by atoms with van der Waals surface area (Å²) >= 11 is 0. The Morgan fingerprint density at radius 3 is 2.75 bits per heavy atom. The van der Waals surface area contributed by atoms with Gasteiger partial charge in [-0.1, -0.05) is 6.07 Å². The van der Waals surface area contributed by atoms with Gasteiger partial charge in [-0.15, -0.1) is 0 Å². The summed E-state index contributed by atoms with van der Waals surface area (Å²) in [6.07, 6.45) is -0.219. The van der Waals surface area contributed by atoms with Gasteiger partial charge in [0.1, 0.15) is 12.4 Å². The maximum atomic E-state index is 5.60. The van der Waals surface area contributed by atoms with Crippen molar-refractivity contribution in [1.29, 1.82) is 0 Å². The fraction of sp³-hybridized carbons (Fsp3) is 0.500. The molecule has 0 bridgehead atoms. The molecule has 0 N–H and O–H groups in total. The Hall–Kier alpha value is -1.26. The molecule has 1 heterocycles. The minimum atomic E-state index is -0.219. The first-order valence-corrected chi connectivity index (χ1v) is 5.39. The lowest BCUT2D eigenvalue weighted by molar-refractivity contribution is -0.0684. The van der Waals surface area contributed by atoms with Crippen LogP contribution in [0, 0.1) is 0 Å². The van der Waals surface area contributed by atoms with Crippen molar-refractivity contribution in [3.05, 3.63) is 24.3 Å². The molecule has 0 saturated carbocycles. The summed E-state index contributed by atoms with van der Waals surface area (Å²) in [5.41, 5.74) is 1.12. The quantitative estimate of drug-likeness (QED) is 0.774. The van der Waals surface area contributed by atoms with Crippen LogP contribution >= 0.6 is 0 Å². The van der Waals surface area contributed by atoms with Crippen molar-refractivity contribution in [2.45, 2.75) is 6.29 Å². The van der Waals surface area contributed by atoms with Crippen molar-refractivity contribution in [2.24, 2.45) is 0 Å². The van der Waals surface area contributed by atoms with Gasteiger partial charge in [-0.3, -0.25) is 0 Å². The molecule has 1 fully saturated rings. The van der Waals surface area contributed by atoms with Crippen LogP contribution in [-0.4, -0.2) is 40.2 Å². The Morgan fingerprint density at radius 1 is 1.31 bits per heavy atom. The number of benzene rings is 1. The Labute approximate surface area is 95.7 Å². The molecule has 1 aromatic rings. The average Bonchev–Trinajstić information content (AvgIpc) is 2.79. The molecule has 0 spiro atoms. The van der Waals surface area contributed by atoms with E-state index in [2.05, 4.69) is 0 Å². The van der Waals surface area contributed by atoms with Crippen molar-refractivity contribution in [2.75, 3.05) is 38.8 Å². The molecule has 0 aliphatic carbocycles. The van der Waals surface area contributed by atoms with Gasteiger partial charge in [-0.05, 0) is 12.1 Å². The van der Waals surface area contributed by atoms with Gasteiger partial charge in [0.25, 0.3) is 0 Å². The predicted octanol–water partition coefficient (Wildman–Crippen LogP) is 1.50. The molecule has 0 amide bonds. The topological polar surface area (TPSA) is 30.9 Å². The van der Waals surface area contributed by atoms with Crippen LogP contribution in [0.25, 0.3) is 0 Å². The van der Waals surface area contributed by atoms with Crippen LogP contribution in [0.4, 0.5) is 5.69 Å². The fourth-order valence-corrected chi connectivity index (χ4v) is 1.52. The lowest BCUT2D eigenvalue weighted by atomic mass is 10.3. The summed E-state index contributed by atoms with van der Waals surface area (Å²) in [6, 6.07) is 7.94. The molecule has 4 heteroatoms. The van der Waals surface area contributed by atoms with Gasteiger partial charge in [0.2, 0.25) is 0 Å². The van der Waals surface area contributed by atoms with Crippen molar-refractivity contribution in [3.63, 3.8) is 0 Å². The van der Waals surface area contributed by atoms with E-state index in [4.69, 9.17) is 14.2 Å². The number of hydrogen-bond donors (Lipinski definition) is 0. The highest BCUT2D eigenvalue weighted by Gasteiger charge is 2.16. The van der Waals surface area contributed by atoms with E-state index >= 15 is 0 Å². The number of hydrogen-bond acceptors (Lipinski definition) is 4. The maximum Gasteiger partial charge on any atom is 0.191 e. The van der Waals surface area contributed by atoms with E-state index in [1.54, 1.807) is 0 Å². The fourth-order valence-electron chi connectivity index (χ4n) is 1.52. The van der Waals surface area contributed by atoms with Gasteiger partial charge in [0.15, 0.2) is 6.29 Å². The van der Waals surface area contributed by atoms with E-state index in [0.717, 1.165) is 11.4 Å². The van der Waals surface area contributed by atoms with Gasteiger partial charge in [-0.2, -0.15) is 0 Å². The maximum absolute atomic E-state index is 5.60. The molecule has 0 atom stereocenters. The largest absolute Gasteiger partial charge is 0.488 e. The zero-order valence-corrected chi connectivity index (χ0v) is 9.68. The Morgan fingerprint density at radius 2 is 2.06 bits per heavy atom. The molecular weight excluding hydrogens is 206 g/mol. The van der Waals surface area contributed by atoms with Gasteiger partial charge in [-0.25, -0.2) is 0 Å². The highest BCUT2D eigenvalue weighted by molar-refractivity contribution is 5.49. The molecule has 4 nitrogen and oxygen atoms in total. The lowest BCUT2D eigenvalue weighted by Crippen LogP contribution is -2.18. The van der Waals surface area contributed by atoms with Crippen molar-refractivity contribution >= 4 is 5.69 Å². The molecule has 1 aromatic carbocycles. The molecule has 1 aliphatic rings. The summed E-state index contributed by atoms with van der Waals surface area (Å²) in [4.78, 5) is 2.04. The molecule has 0 aromatic heterocycles. The average molecular weight is 223 g/mol. The molecule has 2 rings (SSSR count). The second kappa shape index (κ2) is 5.18. The molecule has 0 radical (unpaired) electrons. The SMILES string of the molecule is CN(C)c1cccc(OCC2OCCO2)c1. The number of nitrogens with zero attached hydrogens (tertiary/aromatic N) is 1. The number of rotatable bonds is 4. The summed E-state index contributed by atoms with van der Waals surface area (Å²) in [7, 11) is 4.00. The number of ether oxygens (including phenoxy) is 3. The standard InChI is InChI=1S/C12H17NO3/c1-13(2)10-4-3-5-11(8-10)16-9-12-14-6-7-15-12/h3-5,8,12H,6-7,9H2,1-2H3. The monoisotopic (exact) mass is 223 g/mol. The third kappa shape index (κ3) is 2.87. The molecular formula is C12H17NO3. The smallest absolute Gasteiger partial charge is 0.191 e. The third-order valence-corrected chi connectivity index (χ3v) is 2.41. The minimum Gasteiger partial charge on any atom is -0.488 e. The van der Waals surface area contributed by atoms with Crippen LogP contribution in [0.5, 0.6) is 5.75 Å². The van der Waals surface area contributed by atoms with Gasteiger partial charge in [0.05, 0.1) is 13.2 Å². The Kier molecular flexibility index (Phi) is 3.64. The van der Waals surface area contributed by atoms with Crippen LogP contribution in [0.1, 0.15) is 0 Å². The zero-order valence-electron chi connectivity index (χ0n) is 9.68. The summed E-state index contributed by atoms with van der Waals surface area (Å²) in [5, 5.41) is 0. The highest BCUT2D eigenvalue weighted by atomic mass is 16.7. The summed E-state index contributed by atoms with van der Waals surface area (Å²) in [5.74, 6) is 0.838. The van der Waals surface area contributed by atoms with Crippen LogP contribution in [-0.2, 0) is 9.47 Å². The number of anilines is 1. The third-order valence-electron chi connectivity index (χ3n) is 2.41. The van der Waals surface area contributed by atoms with Crippen molar-refractivity contribution in [3.8, 4) is 5.75 Å². The first-order chi connectivity index (χ1) is 7.75. The van der Waals surface area contributed by atoms with E-state index in [1.165, 1.54) is 0 Å². The molecule has 1 saturated heterocycles. The molecule has 16 heavy (non-hydrogen) atoms. The Bertz CT molecular complexity index is 335. The van der Waals surface area contributed by atoms with Gasteiger partial charge in [0, 0.05) is 25.8 Å². The van der Waals surface area contributed by atoms with Crippen molar-refractivity contribution < 1.29 is 14.2 Å². The second-order valence-electron chi connectivity index (χ2n) is 3.87. The van der Waals surface area contributed by atoms with Crippen LogP contribution in [0.3, 0.4) is 0 Å². The minimum absolute atomic E-state index is 0.219. The normalized spacial score (nSPS) is 16.4. The molecule has 88 valence electrons. The first kappa shape index (κ1) is 11.2. The summed E-state index contributed by atoms with van der Waals surface area (Å²) in [6.45, 7) is 1.76.